The van der Waals surface area contributed by atoms with Gasteiger partial charge in [0.05, 0.1) is 25.0 Å². The lowest BCUT2D eigenvalue weighted by molar-refractivity contribution is -0.130. The highest BCUT2D eigenvalue weighted by Crippen LogP contribution is 2.43. The lowest BCUT2D eigenvalue weighted by Gasteiger charge is -2.27. The molecule has 3 aromatic rings. The van der Waals surface area contributed by atoms with E-state index in [-0.39, 0.29) is 17.9 Å². The summed E-state index contributed by atoms with van der Waals surface area (Å²) in [6.45, 7) is 0.161. The van der Waals surface area contributed by atoms with Crippen LogP contribution in [0.25, 0.3) is 0 Å². The maximum Gasteiger partial charge on any atom is 0.290 e. The van der Waals surface area contributed by atoms with E-state index < -0.39 is 23.5 Å². The molecule has 2 aromatic heterocycles. The van der Waals surface area contributed by atoms with Crippen LogP contribution >= 0.6 is 0 Å². The average Bonchev–Trinajstić information content (AvgIpc) is 3.37. The van der Waals surface area contributed by atoms with E-state index in [2.05, 4.69) is 4.98 Å². The molecule has 1 N–H and O–H groups in total. The summed E-state index contributed by atoms with van der Waals surface area (Å²) in [6.07, 6.45) is 4.64. The van der Waals surface area contributed by atoms with Crippen LogP contribution in [0.4, 0.5) is 0 Å². The van der Waals surface area contributed by atoms with Crippen LogP contribution in [0.1, 0.15) is 27.7 Å². The molecule has 1 aliphatic heterocycles. The minimum absolute atomic E-state index is 0.0432. The highest BCUT2D eigenvalue weighted by atomic mass is 16.5. The molecule has 146 valence electrons. The quantitative estimate of drug-likeness (QED) is 0.648. The first kappa shape index (κ1) is 18.5. The first-order chi connectivity index (χ1) is 14.1. The first-order valence-corrected chi connectivity index (χ1v) is 8.96. The summed E-state index contributed by atoms with van der Waals surface area (Å²) in [4.78, 5) is 31.6. The number of ether oxygens (including phenoxy) is 1. The van der Waals surface area contributed by atoms with Crippen molar-refractivity contribution in [2.24, 2.45) is 0 Å². The SMILES string of the molecule is COc1ccccc1C1C(C(=O)c2ccco2)=C(O)C(=O)N1Cc1cccnc1. The number of pyridine rings is 1. The number of Topliss-reactive ketones (excluding diaryl/α,β-unsaturated/α-hetero) is 1. The number of carbonyl (C=O) groups excluding carboxylic acids is 2. The molecule has 7 nitrogen and oxygen atoms in total. The normalized spacial score (nSPS) is 16.4. The summed E-state index contributed by atoms with van der Waals surface area (Å²) in [7, 11) is 1.51. The summed E-state index contributed by atoms with van der Waals surface area (Å²) in [5, 5.41) is 10.6. The van der Waals surface area contributed by atoms with E-state index in [1.165, 1.54) is 24.3 Å². The Morgan fingerprint density at radius 1 is 1.21 bits per heavy atom. The molecule has 0 spiro atoms. The predicted molar refractivity (Wildman–Crippen MR) is 103 cm³/mol. The van der Waals surface area contributed by atoms with E-state index in [0.29, 0.717) is 11.3 Å². The fourth-order valence-corrected chi connectivity index (χ4v) is 3.49. The summed E-state index contributed by atoms with van der Waals surface area (Å²) >= 11 is 0. The van der Waals surface area contributed by atoms with Gasteiger partial charge in [0.2, 0.25) is 5.78 Å². The molecule has 0 aliphatic carbocycles. The van der Waals surface area contributed by atoms with Crippen LogP contribution in [0.2, 0.25) is 0 Å². The fraction of sp³-hybridized carbons (Fsp3) is 0.136. The number of carbonyl (C=O) groups is 2. The van der Waals surface area contributed by atoms with E-state index in [1.807, 2.05) is 6.07 Å². The molecule has 1 atom stereocenters. The van der Waals surface area contributed by atoms with Crippen LogP contribution < -0.4 is 4.74 Å². The zero-order valence-electron chi connectivity index (χ0n) is 15.6. The number of aliphatic hydroxyl groups excluding tert-OH is 1. The number of methoxy groups -OCH3 is 1. The molecule has 1 aromatic carbocycles. The standard InChI is InChI=1S/C22H18N2O5/c1-28-16-8-3-2-7-15(16)19-18(20(25)17-9-5-11-29-17)21(26)22(27)24(19)13-14-6-4-10-23-12-14/h2-12,19,26H,13H2,1H3. The Labute approximate surface area is 166 Å². The topological polar surface area (TPSA) is 92.9 Å². The number of para-hydroxylation sites is 1. The van der Waals surface area contributed by atoms with E-state index in [4.69, 9.17) is 9.15 Å². The van der Waals surface area contributed by atoms with Crippen LogP contribution in [0.5, 0.6) is 5.75 Å². The monoisotopic (exact) mass is 390 g/mol. The third-order valence-corrected chi connectivity index (χ3v) is 4.80. The van der Waals surface area contributed by atoms with Gasteiger partial charge in [0, 0.05) is 24.5 Å². The number of amides is 1. The number of hydrogen-bond acceptors (Lipinski definition) is 6. The van der Waals surface area contributed by atoms with Gasteiger partial charge in [0.1, 0.15) is 5.75 Å². The second kappa shape index (κ2) is 7.63. The molecular formula is C22H18N2O5. The van der Waals surface area contributed by atoms with Gasteiger partial charge in [-0.3, -0.25) is 14.6 Å². The number of rotatable bonds is 6. The molecule has 0 saturated heterocycles. The van der Waals surface area contributed by atoms with Crippen LogP contribution in [0.3, 0.4) is 0 Å². The zero-order valence-corrected chi connectivity index (χ0v) is 15.6. The van der Waals surface area contributed by atoms with E-state index >= 15 is 0 Å². The second-order valence-corrected chi connectivity index (χ2v) is 6.51. The molecule has 0 radical (unpaired) electrons. The Bertz CT molecular complexity index is 1070. The van der Waals surface area contributed by atoms with Crippen molar-refractivity contribution < 1.29 is 23.8 Å². The third kappa shape index (κ3) is 3.27. The molecule has 0 saturated carbocycles. The number of furan rings is 1. The van der Waals surface area contributed by atoms with Crippen molar-refractivity contribution in [2.75, 3.05) is 7.11 Å². The van der Waals surface area contributed by atoms with Crippen molar-refractivity contribution in [2.45, 2.75) is 12.6 Å². The van der Waals surface area contributed by atoms with Crippen LogP contribution in [0.15, 0.2) is 82.9 Å². The summed E-state index contributed by atoms with van der Waals surface area (Å²) in [5.41, 5.74) is 1.31. The van der Waals surface area contributed by atoms with E-state index in [9.17, 15) is 14.7 Å². The first-order valence-electron chi connectivity index (χ1n) is 8.96. The van der Waals surface area contributed by atoms with Gasteiger partial charge >= 0.3 is 0 Å². The van der Waals surface area contributed by atoms with Gasteiger partial charge in [0.25, 0.3) is 5.91 Å². The number of benzene rings is 1. The summed E-state index contributed by atoms with van der Waals surface area (Å²) in [6, 6.07) is 12.9. The third-order valence-electron chi connectivity index (χ3n) is 4.80. The number of nitrogens with zero attached hydrogens (tertiary/aromatic N) is 2. The minimum atomic E-state index is -0.837. The van der Waals surface area contributed by atoms with Gasteiger partial charge in [0.15, 0.2) is 11.5 Å². The number of aromatic nitrogens is 1. The molecular weight excluding hydrogens is 372 g/mol. The van der Waals surface area contributed by atoms with Gasteiger partial charge in [-0.15, -0.1) is 0 Å². The van der Waals surface area contributed by atoms with Crippen molar-refractivity contribution in [3.8, 4) is 5.75 Å². The molecule has 4 rings (SSSR count). The van der Waals surface area contributed by atoms with Crippen molar-refractivity contribution in [1.82, 2.24) is 9.88 Å². The van der Waals surface area contributed by atoms with Gasteiger partial charge in [-0.05, 0) is 29.8 Å². The molecule has 0 bridgehead atoms. The molecule has 3 heterocycles. The van der Waals surface area contributed by atoms with Gasteiger partial charge in [-0.1, -0.05) is 24.3 Å². The summed E-state index contributed by atoms with van der Waals surface area (Å²) < 4.78 is 10.7. The number of aliphatic hydroxyl groups is 1. The maximum atomic E-state index is 13.1. The lowest BCUT2D eigenvalue weighted by Crippen LogP contribution is -2.31. The number of hydrogen-bond donors (Lipinski definition) is 1. The Morgan fingerprint density at radius 2 is 2.03 bits per heavy atom. The molecule has 0 fully saturated rings. The van der Waals surface area contributed by atoms with Crippen molar-refractivity contribution in [3.05, 3.63) is 95.4 Å². The lowest BCUT2D eigenvalue weighted by atomic mass is 9.94. The minimum Gasteiger partial charge on any atom is -0.503 e. The fourth-order valence-electron chi connectivity index (χ4n) is 3.49. The Morgan fingerprint density at radius 3 is 2.72 bits per heavy atom. The second-order valence-electron chi connectivity index (χ2n) is 6.51. The van der Waals surface area contributed by atoms with Crippen LogP contribution in [0, 0.1) is 0 Å². The Balaban J connectivity index is 1.84. The van der Waals surface area contributed by atoms with Crippen molar-refractivity contribution >= 4 is 11.7 Å². The summed E-state index contributed by atoms with van der Waals surface area (Å²) in [5.74, 6) is -1.24. The largest absolute Gasteiger partial charge is 0.503 e. The van der Waals surface area contributed by atoms with E-state index in [0.717, 1.165) is 5.56 Å². The maximum absolute atomic E-state index is 13.1. The molecule has 1 amide bonds. The van der Waals surface area contributed by atoms with E-state index in [1.54, 1.807) is 48.8 Å². The van der Waals surface area contributed by atoms with Crippen molar-refractivity contribution in [3.63, 3.8) is 0 Å². The molecule has 29 heavy (non-hydrogen) atoms. The van der Waals surface area contributed by atoms with Crippen LogP contribution in [-0.2, 0) is 11.3 Å². The Hall–Kier alpha value is -3.87. The van der Waals surface area contributed by atoms with Gasteiger partial charge < -0.3 is 19.2 Å². The van der Waals surface area contributed by atoms with Gasteiger partial charge in [-0.2, -0.15) is 0 Å². The average molecular weight is 390 g/mol. The predicted octanol–water partition coefficient (Wildman–Crippen LogP) is 3.46. The number of ketones is 1. The highest BCUT2D eigenvalue weighted by Gasteiger charge is 2.45. The van der Waals surface area contributed by atoms with Gasteiger partial charge in [-0.25, -0.2) is 0 Å². The molecule has 1 unspecified atom stereocenters. The van der Waals surface area contributed by atoms with Crippen LogP contribution in [-0.4, -0.2) is 33.8 Å². The molecule has 1 aliphatic rings. The Kier molecular flexibility index (Phi) is 4.87. The van der Waals surface area contributed by atoms with Crippen molar-refractivity contribution in [1.29, 1.82) is 0 Å². The zero-order chi connectivity index (χ0) is 20.4. The smallest absolute Gasteiger partial charge is 0.290 e. The highest BCUT2D eigenvalue weighted by molar-refractivity contribution is 6.15. The molecule has 7 heteroatoms.